The highest BCUT2D eigenvalue weighted by Gasteiger charge is 2.26. The summed E-state index contributed by atoms with van der Waals surface area (Å²) in [5, 5.41) is 0.701. The summed E-state index contributed by atoms with van der Waals surface area (Å²) in [5.74, 6) is 0. The summed E-state index contributed by atoms with van der Waals surface area (Å²) in [5.41, 5.74) is 3.23. The number of hydrogen-bond acceptors (Lipinski definition) is 4. The Labute approximate surface area is 231 Å². The minimum atomic E-state index is -0.662. The minimum absolute atomic E-state index is 0.0290. The lowest BCUT2D eigenvalue weighted by molar-refractivity contribution is 0.590. The predicted octanol–water partition coefficient (Wildman–Crippen LogP) is 6.78. The van der Waals surface area contributed by atoms with Crippen LogP contribution in [-0.2, 0) is 10.8 Å². The van der Waals surface area contributed by atoms with Gasteiger partial charge in [0.15, 0.2) is 0 Å². The van der Waals surface area contributed by atoms with Gasteiger partial charge in [-0.1, -0.05) is 90.1 Å². The first-order valence-corrected chi connectivity index (χ1v) is 13.5. The van der Waals surface area contributed by atoms with Crippen molar-refractivity contribution < 1.29 is 0 Å². The molecule has 0 aliphatic heterocycles. The van der Waals surface area contributed by atoms with E-state index in [1.165, 1.54) is 0 Å². The topological polar surface area (TPSA) is 68.3 Å². The van der Waals surface area contributed by atoms with Gasteiger partial charge in [0.05, 0.1) is 0 Å². The van der Waals surface area contributed by atoms with Crippen molar-refractivity contribution in [3.05, 3.63) is 125 Å². The lowest BCUT2D eigenvalue weighted by Gasteiger charge is -2.20. The van der Waals surface area contributed by atoms with Crippen LogP contribution in [0.3, 0.4) is 0 Å². The molecular weight excluding hydrogens is 496 g/mol. The Morgan fingerprint density at radius 1 is 0.375 bits per heavy atom. The second-order valence-corrected chi connectivity index (χ2v) is 12.9. The quantitative estimate of drug-likeness (QED) is 0.184. The molecule has 4 heteroatoms. The second kappa shape index (κ2) is 8.53. The van der Waals surface area contributed by atoms with Crippen molar-refractivity contribution in [3.8, 4) is 33.4 Å². The van der Waals surface area contributed by atoms with E-state index in [1.807, 2.05) is 48.5 Å². The Morgan fingerprint density at radius 3 is 0.850 bits per heavy atom. The highest BCUT2D eigenvalue weighted by atomic mass is 16.2. The van der Waals surface area contributed by atoms with Crippen molar-refractivity contribution in [1.29, 1.82) is 0 Å². The van der Waals surface area contributed by atoms with Gasteiger partial charge in [-0.15, -0.1) is 0 Å². The summed E-state index contributed by atoms with van der Waals surface area (Å²) >= 11 is 0. The highest BCUT2D eigenvalue weighted by molar-refractivity contribution is 6.13. The molecule has 0 atom stereocenters. The first-order chi connectivity index (χ1) is 18.8. The van der Waals surface area contributed by atoms with E-state index in [1.54, 1.807) is 24.3 Å². The van der Waals surface area contributed by atoms with Crippen molar-refractivity contribution in [2.24, 2.45) is 0 Å². The summed E-state index contributed by atoms with van der Waals surface area (Å²) in [6.07, 6.45) is 0. The molecule has 0 saturated carbocycles. The highest BCUT2D eigenvalue weighted by Crippen LogP contribution is 2.39. The van der Waals surface area contributed by atoms with E-state index in [9.17, 15) is 19.2 Å². The summed E-state index contributed by atoms with van der Waals surface area (Å²) in [4.78, 5) is 53.9. The molecule has 198 valence electrons. The molecule has 0 radical (unpaired) electrons. The molecule has 2 aliphatic carbocycles. The SMILES string of the molecule is CC(C)(C)c1ccc(-c2cc3c4c(c2)c(=O)c(=O)c2cc(-c5ccc(C(C)(C)C)cc5)cc(c2-4)c(=O)c3=O)cc1. The van der Waals surface area contributed by atoms with Crippen LogP contribution in [0, 0.1) is 0 Å². The van der Waals surface area contributed by atoms with Crippen LogP contribution in [-0.4, -0.2) is 0 Å². The maximum Gasteiger partial charge on any atom is 0.234 e. The maximum absolute atomic E-state index is 13.5. The zero-order valence-electron chi connectivity index (χ0n) is 23.6. The molecule has 40 heavy (non-hydrogen) atoms. The summed E-state index contributed by atoms with van der Waals surface area (Å²) in [6, 6.07) is 22.6. The van der Waals surface area contributed by atoms with E-state index in [0.717, 1.165) is 22.3 Å². The smallest absolute Gasteiger partial charge is 0.234 e. The molecule has 4 aromatic rings. The van der Waals surface area contributed by atoms with E-state index < -0.39 is 21.7 Å². The Balaban J connectivity index is 1.63. The van der Waals surface area contributed by atoms with Gasteiger partial charge >= 0.3 is 0 Å². The van der Waals surface area contributed by atoms with Crippen LogP contribution in [0.4, 0.5) is 0 Å². The first kappa shape index (κ1) is 25.8. The van der Waals surface area contributed by atoms with Crippen LogP contribution in [0.15, 0.2) is 92.0 Å². The van der Waals surface area contributed by atoms with E-state index >= 15 is 0 Å². The van der Waals surface area contributed by atoms with Crippen molar-refractivity contribution in [2.75, 3.05) is 0 Å². The van der Waals surface area contributed by atoms with E-state index in [2.05, 4.69) is 41.5 Å². The van der Waals surface area contributed by atoms with Gasteiger partial charge in [-0.2, -0.15) is 0 Å². The molecule has 0 heterocycles. The monoisotopic (exact) mass is 526 g/mol. The van der Waals surface area contributed by atoms with Gasteiger partial charge in [-0.25, -0.2) is 0 Å². The molecule has 2 aliphatic rings. The third-order valence-corrected chi connectivity index (χ3v) is 8.09. The molecule has 0 spiro atoms. The van der Waals surface area contributed by atoms with Crippen LogP contribution in [0.1, 0.15) is 52.7 Å². The minimum Gasteiger partial charge on any atom is -0.285 e. The molecule has 0 amide bonds. The van der Waals surface area contributed by atoms with Crippen molar-refractivity contribution >= 4 is 21.5 Å². The molecule has 4 aromatic carbocycles. The molecular formula is C36H30O4. The van der Waals surface area contributed by atoms with Crippen LogP contribution >= 0.6 is 0 Å². The number of hydrogen-bond donors (Lipinski definition) is 0. The Morgan fingerprint density at radius 2 is 0.625 bits per heavy atom. The molecule has 6 rings (SSSR count). The van der Waals surface area contributed by atoms with Gasteiger partial charge in [0, 0.05) is 32.7 Å². The summed E-state index contributed by atoms with van der Waals surface area (Å²) in [6.45, 7) is 12.8. The lowest BCUT2D eigenvalue weighted by atomic mass is 9.82. The first-order valence-electron chi connectivity index (χ1n) is 13.5. The van der Waals surface area contributed by atoms with E-state index in [-0.39, 0.29) is 32.4 Å². The molecule has 0 aromatic heterocycles. The van der Waals surface area contributed by atoms with Gasteiger partial charge in [0.2, 0.25) is 21.7 Å². The Kier molecular flexibility index (Phi) is 5.50. The van der Waals surface area contributed by atoms with Gasteiger partial charge in [-0.05, 0) is 68.5 Å². The average Bonchev–Trinajstić information content (AvgIpc) is 2.92. The van der Waals surface area contributed by atoms with Gasteiger partial charge in [0.1, 0.15) is 0 Å². The normalized spacial score (nSPS) is 12.7. The molecule has 4 nitrogen and oxygen atoms in total. The van der Waals surface area contributed by atoms with Crippen molar-refractivity contribution in [1.82, 2.24) is 0 Å². The third kappa shape index (κ3) is 3.90. The van der Waals surface area contributed by atoms with Crippen LogP contribution in [0.2, 0.25) is 0 Å². The number of benzene rings is 6. The van der Waals surface area contributed by atoms with Gasteiger partial charge in [-0.3, -0.25) is 19.2 Å². The number of rotatable bonds is 2. The fourth-order valence-corrected chi connectivity index (χ4v) is 5.69. The Hall–Kier alpha value is -4.44. The van der Waals surface area contributed by atoms with E-state index in [4.69, 9.17) is 0 Å². The predicted molar refractivity (Wildman–Crippen MR) is 165 cm³/mol. The standard InChI is InChI=1S/C36H30O4/c1-35(2,3)23-11-7-19(8-12-23)21-15-25-29-26(16-21)32(38)34(40)28-18-22(17-27(30(28)29)33(39)31(25)37)20-9-13-24(14-10-20)36(4,5)6/h7-18H,1-6H3. The fraction of sp³-hybridized carbons (Fsp3) is 0.222. The van der Waals surface area contributed by atoms with Gasteiger partial charge < -0.3 is 0 Å². The summed E-state index contributed by atoms with van der Waals surface area (Å²) in [7, 11) is 0. The maximum atomic E-state index is 13.5. The molecule has 0 saturated heterocycles. The molecule has 0 bridgehead atoms. The van der Waals surface area contributed by atoms with E-state index in [0.29, 0.717) is 22.3 Å². The second-order valence-electron chi connectivity index (χ2n) is 12.9. The van der Waals surface area contributed by atoms with Crippen LogP contribution < -0.4 is 21.7 Å². The zero-order valence-corrected chi connectivity index (χ0v) is 23.6. The third-order valence-electron chi connectivity index (χ3n) is 8.09. The lowest BCUT2D eigenvalue weighted by Crippen LogP contribution is -2.31. The fourth-order valence-electron chi connectivity index (χ4n) is 5.69. The van der Waals surface area contributed by atoms with Gasteiger partial charge in [0.25, 0.3) is 0 Å². The molecule has 0 N–H and O–H groups in total. The molecule has 0 fully saturated rings. The Bertz CT molecular complexity index is 1860. The summed E-state index contributed by atoms with van der Waals surface area (Å²) < 4.78 is 0. The molecule has 0 unspecified atom stereocenters. The van der Waals surface area contributed by atoms with Crippen molar-refractivity contribution in [3.63, 3.8) is 0 Å². The zero-order chi connectivity index (χ0) is 28.7. The van der Waals surface area contributed by atoms with Crippen LogP contribution in [0.25, 0.3) is 54.9 Å². The van der Waals surface area contributed by atoms with Crippen molar-refractivity contribution in [2.45, 2.75) is 52.4 Å². The van der Waals surface area contributed by atoms with Crippen LogP contribution in [0.5, 0.6) is 0 Å². The average molecular weight is 527 g/mol. The largest absolute Gasteiger partial charge is 0.285 e.